The summed E-state index contributed by atoms with van der Waals surface area (Å²) in [4.78, 5) is 73.1. The van der Waals surface area contributed by atoms with Crippen LogP contribution in [0.2, 0.25) is 0 Å². The molecule has 0 aliphatic heterocycles. The van der Waals surface area contributed by atoms with Crippen LogP contribution in [0.3, 0.4) is 0 Å². The second-order valence-corrected chi connectivity index (χ2v) is 32.9. The Kier molecular flexibility index (Phi) is 74.5. The second kappa shape index (κ2) is 76.3. The van der Waals surface area contributed by atoms with Crippen LogP contribution in [0.4, 0.5) is 0 Å². The summed E-state index contributed by atoms with van der Waals surface area (Å²) in [5.74, 6) is -1.34. The summed E-state index contributed by atoms with van der Waals surface area (Å²) in [5, 5.41) is 10.7. The van der Waals surface area contributed by atoms with Crippen LogP contribution in [0.5, 0.6) is 0 Å². The molecule has 0 bridgehead atoms. The topological polar surface area (TPSA) is 237 Å². The summed E-state index contributed by atoms with van der Waals surface area (Å²) < 4.78 is 68.8. The first-order chi connectivity index (χ1) is 50.0. The number of aliphatic hydroxyl groups excluding tert-OH is 1. The van der Waals surface area contributed by atoms with Crippen molar-refractivity contribution in [2.45, 2.75) is 445 Å². The van der Waals surface area contributed by atoms with Gasteiger partial charge in [0.15, 0.2) is 12.2 Å². The van der Waals surface area contributed by atoms with Gasteiger partial charge in [0.2, 0.25) is 0 Å². The van der Waals surface area contributed by atoms with Gasteiger partial charge in [0.1, 0.15) is 19.3 Å². The van der Waals surface area contributed by atoms with E-state index in [-0.39, 0.29) is 25.7 Å². The fraction of sp³-hybridized carbons (Fsp3) is 0.905. The van der Waals surface area contributed by atoms with Crippen LogP contribution in [-0.4, -0.2) is 96.7 Å². The maximum atomic E-state index is 13.1. The van der Waals surface area contributed by atoms with E-state index in [4.69, 9.17) is 37.0 Å². The lowest BCUT2D eigenvalue weighted by Crippen LogP contribution is -2.30. The minimum atomic E-state index is -4.97. The Labute approximate surface area is 631 Å². The highest BCUT2D eigenvalue weighted by Crippen LogP contribution is 2.45. The van der Waals surface area contributed by atoms with E-state index in [0.717, 1.165) is 109 Å². The Morgan fingerprint density at radius 2 is 0.524 bits per heavy atom. The van der Waals surface area contributed by atoms with E-state index in [1.165, 1.54) is 238 Å². The molecule has 608 valence electrons. The third-order valence-corrected chi connectivity index (χ3v) is 21.1. The number of rotatable bonds is 82. The smallest absolute Gasteiger partial charge is 0.462 e. The number of ether oxygens (including phenoxy) is 4. The molecule has 0 amide bonds. The van der Waals surface area contributed by atoms with Gasteiger partial charge in [-0.15, -0.1) is 0 Å². The molecule has 0 heterocycles. The summed E-state index contributed by atoms with van der Waals surface area (Å²) in [5.41, 5.74) is 0. The molecule has 0 aromatic carbocycles. The van der Waals surface area contributed by atoms with Gasteiger partial charge in [-0.05, 0) is 57.3 Å². The highest BCUT2D eigenvalue weighted by molar-refractivity contribution is 7.47. The number of carbonyl (C=O) groups excluding carboxylic acids is 4. The lowest BCUT2D eigenvalue weighted by Gasteiger charge is -2.21. The molecule has 5 atom stereocenters. The molecular weight excluding hydrogens is 1340 g/mol. The number of aliphatic hydroxyl groups is 1. The Hall–Kier alpha value is -2.46. The molecule has 0 aromatic heterocycles. The number of carbonyl (C=O) groups is 4. The summed E-state index contributed by atoms with van der Waals surface area (Å²) >= 11 is 0. The molecule has 0 rings (SSSR count). The SMILES string of the molecule is CCCCCC/C=C\C=C/CCCCCCCC(=O)O[C@H](COC(=O)CCCCCCCCCCCCC)COP(=O)(O)OC[C@H](O)COP(=O)(O)OC[C@@H](COC(=O)CCCCCCCCCCCCCCCC(C)C)OC(=O)CCCCCCCCCCCCCCCCCCCCCCC. The molecule has 0 saturated heterocycles. The van der Waals surface area contributed by atoms with Crippen molar-refractivity contribution in [3.63, 3.8) is 0 Å². The standard InChI is InChI=1S/C84H160O17P2/c1-6-9-12-15-18-21-24-26-28-29-30-31-32-33-35-39-45-50-55-60-65-70-84(89)101-80(74-95-82(87)68-63-58-53-48-43-40-36-37-42-46-51-56-61-66-77(4)5)76-99-103(92,93)97-72-78(85)71-96-102(90,91)98-75-79(73-94-81(86)67-62-57-52-47-41-23-20-17-14-11-8-3)100-83(88)69-64-59-54-49-44-38-34-27-25-22-19-16-13-10-7-2/h22,25,27,34,77-80,85H,6-21,23-24,26,28-33,35-76H2,1-5H3,(H,90,91)(H,92,93)/b25-22-,34-27-/t78-,79+,80+/m0/s1. The molecule has 0 fully saturated rings. The minimum absolute atomic E-state index is 0.0857. The number of phosphoric ester groups is 2. The molecule has 0 aliphatic rings. The van der Waals surface area contributed by atoms with Gasteiger partial charge in [-0.1, -0.05) is 374 Å². The normalized spacial score (nSPS) is 14.0. The monoisotopic (exact) mass is 1500 g/mol. The Bertz CT molecular complexity index is 2060. The number of allylic oxidation sites excluding steroid dienone is 4. The van der Waals surface area contributed by atoms with Gasteiger partial charge in [-0.2, -0.15) is 0 Å². The summed E-state index contributed by atoms with van der Waals surface area (Å²) in [6.07, 6.45) is 71.6. The van der Waals surface area contributed by atoms with Gasteiger partial charge in [0, 0.05) is 25.7 Å². The second-order valence-electron chi connectivity index (χ2n) is 30.0. The quantitative estimate of drug-likeness (QED) is 0.0169. The van der Waals surface area contributed by atoms with Crippen LogP contribution in [0.15, 0.2) is 24.3 Å². The van der Waals surface area contributed by atoms with Crippen molar-refractivity contribution < 1.29 is 80.2 Å². The van der Waals surface area contributed by atoms with Crippen LogP contribution in [0, 0.1) is 5.92 Å². The molecule has 0 aromatic rings. The van der Waals surface area contributed by atoms with Gasteiger partial charge in [0.25, 0.3) is 0 Å². The molecule has 103 heavy (non-hydrogen) atoms. The van der Waals surface area contributed by atoms with Gasteiger partial charge >= 0.3 is 39.5 Å². The Morgan fingerprint density at radius 3 is 0.796 bits per heavy atom. The predicted octanol–water partition coefficient (Wildman–Crippen LogP) is 25.1. The number of hydrogen-bond donors (Lipinski definition) is 3. The number of phosphoric acid groups is 2. The highest BCUT2D eigenvalue weighted by atomic mass is 31.2. The number of esters is 4. The van der Waals surface area contributed by atoms with Crippen LogP contribution in [0.1, 0.15) is 426 Å². The highest BCUT2D eigenvalue weighted by Gasteiger charge is 2.30. The summed E-state index contributed by atoms with van der Waals surface area (Å²) in [7, 11) is -9.94. The molecule has 0 radical (unpaired) electrons. The van der Waals surface area contributed by atoms with Crippen molar-refractivity contribution in [1.29, 1.82) is 0 Å². The van der Waals surface area contributed by atoms with Gasteiger partial charge in [-0.25, -0.2) is 9.13 Å². The maximum Gasteiger partial charge on any atom is 0.472 e. The van der Waals surface area contributed by atoms with Crippen LogP contribution >= 0.6 is 15.6 Å². The fourth-order valence-electron chi connectivity index (χ4n) is 12.6. The average molecular weight is 1500 g/mol. The van der Waals surface area contributed by atoms with Crippen molar-refractivity contribution in [3.05, 3.63) is 24.3 Å². The van der Waals surface area contributed by atoms with Gasteiger partial charge in [0.05, 0.1) is 26.4 Å². The molecule has 2 unspecified atom stereocenters. The zero-order chi connectivity index (χ0) is 75.5. The summed E-state index contributed by atoms with van der Waals surface area (Å²) in [6, 6.07) is 0. The van der Waals surface area contributed by atoms with Gasteiger partial charge < -0.3 is 33.8 Å². The maximum absolute atomic E-state index is 13.1. The van der Waals surface area contributed by atoms with E-state index in [1.54, 1.807) is 0 Å². The largest absolute Gasteiger partial charge is 0.472 e. The van der Waals surface area contributed by atoms with E-state index in [9.17, 15) is 43.2 Å². The van der Waals surface area contributed by atoms with Crippen LogP contribution in [-0.2, 0) is 65.4 Å². The van der Waals surface area contributed by atoms with Gasteiger partial charge in [-0.3, -0.25) is 37.3 Å². The van der Waals surface area contributed by atoms with Crippen molar-refractivity contribution in [2.75, 3.05) is 39.6 Å². The lowest BCUT2D eigenvalue weighted by molar-refractivity contribution is -0.161. The van der Waals surface area contributed by atoms with Crippen molar-refractivity contribution in [2.24, 2.45) is 5.92 Å². The summed E-state index contributed by atoms with van der Waals surface area (Å²) in [6.45, 7) is 7.29. The van der Waals surface area contributed by atoms with Crippen LogP contribution < -0.4 is 0 Å². The predicted molar refractivity (Wildman–Crippen MR) is 423 cm³/mol. The Morgan fingerprint density at radius 1 is 0.301 bits per heavy atom. The fourth-order valence-corrected chi connectivity index (χ4v) is 14.2. The van der Waals surface area contributed by atoms with E-state index >= 15 is 0 Å². The first-order valence-corrected chi connectivity index (χ1v) is 45.9. The molecule has 17 nitrogen and oxygen atoms in total. The molecule has 0 saturated carbocycles. The molecule has 0 spiro atoms. The lowest BCUT2D eigenvalue weighted by atomic mass is 10.0. The number of hydrogen-bond acceptors (Lipinski definition) is 15. The van der Waals surface area contributed by atoms with Crippen molar-refractivity contribution in [1.82, 2.24) is 0 Å². The first-order valence-electron chi connectivity index (χ1n) is 43.0. The van der Waals surface area contributed by atoms with Crippen LogP contribution in [0.25, 0.3) is 0 Å². The number of unbranched alkanes of at least 4 members (excludes halogenated alkanes) is 51. The molecule has 3 N–H and O–H groups in total. The van der Waals surface area contributed by atoms with Crippen molar-refractivity contribution in [3.8, 4) is 0 Å². The molecule has 0 aliphatic carbocycles. The third kappa shape index (κ3) is 77.5. The van der Waals surface area contributed by atoms with E-state index in [1.807, 2.05) is 0 Å². The first kappa shape index (κ1) is 101. The molecular formula is C84H160O17P2. The van der Waals surface area contributed by atoms with Crippen molar-refractivity contribution >= 4 is 39.5 Å². The minimum Gasteiger partial charge on any atom is -0.462 e. The van der Waals surface area contributed by atoms with E-state index < -0.39 is 97.5 Å². The van der Waals surface area contributed by atoms with E-state index in [2.05, 4.69) is 58.9 Å². The average Bonchev–Trinajstić information content (AvgIpc) is 0.924. The Balaban J connectivity index is 5.26. The zero-order valence-corrected chi connectivity index (χ0v) is 68.7. The van der Waals surface area contributed by atoms with E-state index in [0.29, 0.717) is 25.7 Å². The zero-order valence-electron chi connectivity index (χ0n) is 66.9. The molecule has 19 heteroatoms. The third-order valence-electron chi connectivity index (χ3n) is 19.2.